The number of rotatable bonds is 2. The molecule has 0 amide bonds. The standard InChI is InChI=1S/C17H13N3O/c1-11-2-4-13(5-3-11)21-14-6-7-16-15(8-14)17(19)12(9-18)10-20-16/h2-8,10H,1H3,(H2,19,20). The molecule has 2 N–H and O–H groups in total. The molecule has 2 aromatic carbocycles. The van der Waals surface area contributed by atoms with Crippen molar-refractivity contribution in [3.8, 4) is 17.6 Å². The fourth-order valence-corrected chi connectivity index (χ4v) is 2.09. The van der Waals surface area contributed by atoms with Crippen molar-refractivity contribution in [2.75, 3.05) is 5.73 Å². The van der Waals surface area contributed by atoms with Gasteiger partial charge in [0.25, 0.3) is 0 Å². The first kappa shape index (κ1) is 12.9. The van der Waals surface area contributed by atoms with Crippen LogP contribution in [0.15, 0.2) is 48.7 Å². The lowest BCUT2D eigenvalue weighted by Crippen LogP contribution is -1.94. The summed E-state index contributed by atoms with van der Waals surface area (Å²) in [7, 11) is 0. The summed E-state index contributed by atoms with van der Waals surface area (Å²) in [5, 5.41) is 9.73. The predicted octanol–water partition coefficient (Wildman–Crippen LogP) is 3.79. The van der Waals surface area contributed by atoms with Crippen molar-refractivity contribution in [2.24, 2.45) is 0 Å². The highest BCUT2D eigenvalue weighted by Gasteiger charge is 2.07. The first-order valence-electron chi connectivity index (χ1n) is 6.50. The molecule has 21 heavy (non-hydrogen) atoms. The number of nitriles is 1. The van der Waals surface area contributed by atoms with E-state index in [1.54, 1.807) is 6.07 Å². The molecule has 0 aliphatic carbocycles. The molecule has 0 aliphatic heterocycles. The summed E-state index contributed by atoms with van der Waals surface area (Å²) in [5.74, 6) is 1.41. The SMILES string of the molecule is Cc1ccc(Oc2ccc3ncc(C#N)c(N)c3c2)cc1. The second-order valence-electron chi connectivity index (χ2n) is 4.79. The number of pyridine rings is 1. The Morgan fingerprint density at radius 3 is 2.52 bits per heavy atom. The molecule has 3 rings (SSSR count). The molecule has 0 aliphatic rings. The second-order valence-corrected chi connectivity index (χ2v) is 4.79. The van der Waals surface area contributed by atoms with Gasteiger partial charge < -0.3 is 10.5 Å². The van der Waals surface area contributed by atoms with Crippen molar-refractivity contribution in [1.82, 2.24) is 4.98 Å². The summed E-state index contributed by atoms with van der Waals surface area (Å²) in [6, 6.07) is 15.3. The lowest BCUT2D eigenvalue weighted by atomic mass is 10.1. The Kier molecular flexibility index (Phi) is 3.17. The molecule has 0 unspecified atom stereocenters. The Balaban J connectivity index is 2.02. The molecule has 102 valence electrons. The van der Waals surface area contributed by atoms with E-state index in [-0.39, 0.29) is 0 Å². The van der Waals surface area contributed by atoms with E-state index in [9.17, 15) is 0 Å². The first-order valence-corrected chi connectivity index (χ1v) is 6.50. The van der Waals surface area contributed by atoms with Crippen LogP contribution in [0, 0.1) is 18.3 Å². The molecule has 4 nitrogen and oxygen atoms in total. The van der Waals surface area contributed by atoms with Crippen LogP contribution >= 0.6 is 0 Å². The number of nitrogens with two attached hydrogens (primary N) is 1. The number of aromatic nitrogens is 1. The van der Waals surface area contributed by atoms with Gasteiger partial charge in [-0.25, -0.2) is 0 Å². The van der Waals surface area contributed by atoms with Crippen molar-refractivity contribution in [3.05, 3.63) is 59.8 Å². The second kappa shape index (κ2) is 5.14. The fraction of sp³-hybridized carbons (Fsp3) is 0.0588. The van der Waals surface area contributed by atoms with Crippen LogP contribution in [0.1, 0.15) is 11.1 Å². The van der Waals surface area contributed by atoms with Gasteiger partial charge in [-0.1, -0.05) is 17.7 Å². The van der Waals surface area contributed by atoms with Crippen molar-refractivity contribution >= 4 is 16.6 Å². The summed E-state index contributed by atoms with van der Waals surface area (Å²) in [6.45, 7) is 2.02. The normalized spacial score (nSPS) is 10.3. The number of nitrogen functional groups attached to an aromatic ring is 1. The minimum atomic E-state index is 0.370. The van der Waals surface area contributed by atoms with Gasteiger partial charge in [0, 0.05) is 11.6 Å². The molecule has 0 bridgehead atoms. The van der Waals surface area contributed by atoms with E-state index in [1.807, 2.05) is 49.4 Å². The Morgan fingerprint density at radius 2 is 1.81 bits per heavy atom. The summed E-state index contributed by atoms with van der Waals surface area (Å²) in [5.41, 5.74) is 8.70. The lowest BCUT2D eigenvalue weighted by Gasteiger charge is -2.08. The van der Waals surface area contributed by atoms with Gasteiger partial charge in [-0.2, -0.15) is 5.26 Å². The molecule has 0 saturated heterocycles. The maximum atomic E-state index is 9.01. The highest BCUT2D eigenvalue weighted by Crippen LogP contribution is 2.29. The van der Waals surface area contributed by atoms with E-state index in [0.29, 0.717) is 17.0 Å². The molecule has 1 aromatic heterocycles. The average molecular weight is 275 g/mol. The van der Waals surface area contributed by atoms with Gasteiger partial charge in [0.05, 0.1) is 16.8 Å². The number of hydrogen-bond acceptors (Lipinski definition) is 4. The smallest absolute Gasteiger partial charge is 0.128 e. The third kappa shape index (κ3) is 2.49. The Hall–Kier alpha value is -3.06. The zero-order valence-corrected chi connectivity index (χ0v) is 11.5. The molecule has 0 atom stereocenters. The van der Waals surface area contributed by atoms with Crippen molar-refractivity contribution < 1.29 is 4.74 Å². The zero-order chi connectivity index (χ0) is 14.8. The number of hydrogen-bond donors (Lipinski definition) is 1. The zero-order valence-electron chi connectivity index (χ0n) is 11.5. The van der Waals surface area contributed by atoms with Gasteiger partial charge in [0.1, 0.15) is 17.6 Å². The van der Waals surface area contributed by atoms with Crippen LogP contribution in [-0.4, -0.2) is 4.98 Å². The van der Waals surface area contributed by atoms with Crippen LogP contribution in [0.4, 0.5) is 5.69 Å². The van der Waals surface area contributed by atoms with Gasteiger partial charge in [-0.3, -0.25) is 4.98 Å². The maximum absolute atomic E-state index is 9.01. The Morgan fingerprint density at radius 1 is 1.10 bits per heavy atom. The van der Waals surface area contributed by atoms with Crippen molar-refractivity contribution in [3.63, 3.8) is 0 Å². The third-order valence-corrected chi connectivity index (χ3v) is 3.26. The van der Waals surface area contributed by atoms with Gasteiger partial charge in [0.15, 0.2) is 0 Å². The summed E-state index contributed by atoms with van der Waals surface area (Å²) in [6.07, 6.45) is 1.48. The molecule has 0 spiro atoms. The minimum Gasteiger partial charge on any atom is -0.457 e. The van der Waals surface area contributed by atoms with Gasteiger partial charge >= 0.3 is 0 Å². The number of aryl methyl sites for hydroxylation is 1. The number of anilines is 1. The summed E-state index contributed by atoms with van der Waals surface area (Å²) < 4.78 is 5.80. The van der Waals surface area contributed by atoms with Crippen LogP contribution in [0.25, 0.3) is 10.9 Å². The molecule has 4 heteroatoms. The molecule has 0 saturated carbocycles. The molecule has 0 radical (unpaired) electrons. The van der Waals surface area contributed by atoms with Crippen molar-refractivity contribution in [2.45, 2.75) is 6.92 Å². The minimum absolute atomic E-state index is 0.370. The topological polar surface area (TPSA) is 71.9 Å². The lowest BCUT2D eigenvalue weighted by molar-refractivity contribution is 0.483. The highest BCUT2D eigenvalue weighted by molar-refractivity contribution is 5.93. The van der Waals surface area contributed by atoms with E-state index in [2.05, 4.69) is 4.98 Å². The quantitative estimate of drug-likeness (QED) is 0.772. The molecule has 0 fully saturated rings. The van der Waals surface area contributed by atoms with Crippen LogP contribution in [0.5, 0.6) is 11.5 Å². The molecular weight excluding hydrogens is 262 g/mol. The third-order valence-electron chi connectivity index (χ3n) is 3.26. The Bertz CT molecular complexity index is 848. The van der Waals surface area contributed by atoms with E-state index in [4.69, 9.17) is 15.7 Å². The average Bonchev–Trinajstić information content (AvgIpc) is 2.50. The highest BCUT2D eigenvalue weighted by atomic mass is 16.5. The number of nitrogens with zero attached hydrogens (tertiary/aromatic N) is 2. The largest absolute Gasteiger partial charge is 0.457 e. The van der Waals surface area contributed by atoms with Crippen LogP contribution in [0.3, 0.4) is 0 Å². The first-order chi connectivity index (χ1) is 10.2. The van der Waals surface area contributed by atoms with E-state index < -0.39 is 0 Å². The van der Waals surface area contributed by atoms with E-state index in [0.717, 1.165) is 16.7 Å². The monoisotopic (exact) mass is 275 g/mol. The van der Waals surface area contributed by atoms with Crippen LogP contribution in [0.2, 0.25) is 0 Å². The Labute approximate surface area is 122 Å². The van der Waals surface area contributed by atoms with E-state index in [1.165, 1.54) is 11.8 Å². The number of benzene rings is 2. The van der Waals surface area contributed by atoms with E-state index >= 15 is 0 Å². The van der Waals surface area contributed by atoms with Gasteiger partial charge in [0.2, 0.25) is 0 Å². The number of ether oxygens (including phenoxy) is 1. The number of fused-ring (bicyclic) bond motifs is 1. The van der Waals surface area contributed by atoms with Gasteiger partial charge in [-0.15, -0.1) is 0 Å². The maximum Gasteiger partial charge on any atom is 0.128 e. The van der Waals surface area contributed by atoms with Crippen LogP contribution < -0.4 is 10.5 Å². The molecular formula is C17H13N3O. The predicted molar refractivity (Wildman–Crippen MR) is 82.1 cm³/mol. The molecule has 3 aromatic rings. The fourth-order valence-electron chi connectivity index (χ4n) is 2.09. The summed E-state index contributed by atoms with van der Waals surface area (Å²) >= 11 is 0. The van der Waals surface area contributed by atoms with Crippen LogP contribution in [-0.2, 0) is 0 Å². The molecule has 1 heterocycles. The van der Waals surface area contributed by atoms with Gasteiger partial charge in [-0.05, 0) is 37.3 Å². The summed E-state index contributed by atoms with van der Waals surface area (Å²) in [4.78, 5) is 4.21. The van der Waals surface area contributed by atoms with Crippen molar-refractivity contribution in [1.29, 1.82) is 5.26 Å².